The minimum Gasteiger partial charge on any atom is -0.382 e. The summed E-state index contributed by atoms with van der Waals surface area (Å²) >= 11 is 0. The minimum atomic E-state index is -3.55. The zero-order valence-electron chi connectivity index (χ0n) is 10.4. The summed E-state index contributed by atoms with van der Waals surface area (Å²) in [6.07, 6.45) is 1.57. The van der Waals surface area contributed by atoms with Gasteiger partial charge in [0.05, 0.1) is 24.0 Å². The topological polar surface area (TPSA) is 60.3 Å². The fourth-order valence-corrected chi connectivity index (χ4v) is 3.90. The van der Waals surface area contributed by atoms with E-state index in [0.717, 1.165) is 0 Å². The molecule has 5 nitrogen and oxygen atoms in total. The predicted molar refractivity (Wildman–Crippen MR) is 71.7 cm³/mol. The number of benzene rings is 1. The van der Waals surface area contributed by atoms with E-state index < -0.39 is 10.0 Å². The normalized spacial score (nSPS) is 19.9. The molecule has 2 heterocycles. The van der Waals surface area contributed by atoms with Crippen molar-refractivity contribution in [2.45, 2.75) is 10.9 Å². The summed E-state index contributed by atoms with van der Waals surface area (Å²) < 4.78 is 31.7. The maximum absolute atomic E-state index is 12.6. The Bertz CT molecular complexity index is 706. The molecule has 0 saturated carbocycles. The molecule has 0 radical (unpaired) electrons. The van der Waals surface area contributed by atoms with Gasteiger partial charge in [0.2, 0.25) is 0 Å². The lowest BCUT2D eigenvalue weighted by molar-refractivity contribution is 0.185. The van der Waals surface area contributed by atoms with Gasteiger partial charge in [0.25, 0.3) is 10.0 Å². The number of rotatable bonds is 2. The first-order chi connectivity index (χ1) is 9.14. The zero-order chi connectivity index (χ0) is 13.5. The number of hydrogen-bond acceptors (Lipinski definition) is 4. The Balaban J connectivity index is 2.26. The number of aromatic nitrogens is 1. The summed E-state index contributed by atoms with van der Waals surface area (Å²) in [5, 5.41) is 3.23. The molecule has 0 bridgehead atoms. The monoisotopic (exact) mass is 278 g/mol. The van der Waals surface area contributed by atoms with E-state index in [1.165, 1.54) is 3.97 Å². The molecule has 1 unspecified atom stereocenters. The average molecular weight is 278 g/mol. The molecule has 0 spiro atoms. The van der Waals surface area contributed by atoms with Crippen LogP contribution in [0.3, 0.4) is 0 Å². The lowest BCUT2D eigenvalue weighted by Gasteiger charge is -2.16. The minimum absolute atomic E-state index is 0.196. The quantitative estimate of drug-likeness (QED) is 0.910. The van der Waals surface area contributed by atoms with E-state index in [9.17, 15) is 8.42 Å². The summed E-state index contributed by atoms with van der Waals surface area (Å²) in [5.41, 5.74) is 1.28. The van der Waals surface area contributed by atoms with Crippen LogP contribution in [0.2, 0.25) is 0 Å². The van der Waals surface area contributed by atoms with Crippen LogP contribution in [0.15, 0.2) is 47.5 Å². The Morgan fingerprint density at radius 1 is 1.26 bits per heavy atom. The van der Waals surface area contributed by atoms with Crippen LogP contribution in [-0.4, -0.2) is 26.1 Å². The number of methoxy groups -OCH3 is 1. The van der Waals surface area contributed by atoms with E-state index in [1.807, 2.05) is 6.07 Å². The van der Waals surface area contributed by atoms with Gasteiger partial charge in [-0.05, 0) is 24.3 Å². The molecule has 1 aromatic heterocycles. The van der Waals surface area contributed by atoms with Crippen LogP contribution in [0.1, 0.15) is 11.7 Å². The van der Waals surface area contributed by atoms with Crippen LogP contribution in [0, 0.1) is 0 Å². The van der Waals surface area contributed by atoms with Gasteiger partial charge in [0.1, 0.15) is 4.90 Å². The van der Waals surface area contributed by atoms with Crippen molar-refractivity contribution < 1.29 is 13.2 Å². The van der Waals surface area contributed by atoms with Gasteiger partial charge in [-0.1, -0.05) is 12.1 Å². The van der Waals surface area contributed by atoms with Crippen LogP contribution >= 0.6 is 0 Å². The van der Waals surface area contributed by atoms with Gasteiger partial charge in [-0.25, -0.2) is 12.4 Å². The summed E-state index contributed by atoms with van der Waals surface area (Å²) in [7, 11) is -1.95. The molecule has 1 atom stereocenters. The standard InChI is InChI=1S/C13H14N2O3S/c1-18-9-11-12-6-4-8-15(12)19(16,17)13-7-3-2-5-10(13)14-11/h2-8,11,14H,9H2,1H3. The summed E-state index contributed by atoms with van der Waals surface area (Å²) in [4.78, 5) is 0.283. The molecule has 19 heavy (non-hydrogen) atoms. The lowest BCUT2D eigenvalue weighted by atomic mass is 10.2. The van der Waals surface area contributed by atoms with Crippen LogP contribution in [0.4, 0.5) is 5.69 Å². The molecule has 2 aromatic rings. The highest BCUT2D eigenvalue weighted by atomic mass is 32.2. The van der Waals surface area contributed by atoms with Gasteiger partial charge in [-0.2, -0.15) is 0 Å². The summed E-state index contributed by atoms with van der Waals surface area (Å²) in [5.74, 6) is 0. The Morgan fingerprint density at radius 3 is 2.84 bits per heavy atom. The average Bonchev–Trinajstić information content (AvgIpc) is 2.85. The molecule has 6 heteroatoms. The van der Waals surface area contributed by atoms with E-state index >= 15 is 0 Å². The number of hydrogen-bond donors (Lipinski definition) is 1. The molecular weight excluding hydrogens is 264 g/mol. The van der Waals surface area contributed by atoms with Crippen LogP contribution in [0.25, 0.3) is 0 Å². The second-order valence-corrected chi connectivity index (χ2v) is 6.17. The molecular formula is C13H14N2O3S. The molecule has 100 valence electrons. The maximum atomic E-state index is 12.6. The first-order valence-electron chi connectivity index (χ1n) is 5.92. The smallest absolute Gasteiger partial charge is 0.269 e. The van der Waals surface area contributed by atoms with E-state index in [0.29, 0.717) is 18.0 Å². The highest BCUT2D eigenvalue weighted by Gasteiger charge is 2.30. The first-order valence-corrected chi connectivity index (χ1v) is 7.36. The summed E-state index contributed by atoms with van der Waals surface area (Å²) in [6.45, 7) is 0.397. The maximum Gasteiger partial charge on any atom is 0.269 e. The number of nitrogens with zero attached hydrogens (tertiary/aromatic N) is 1. The third-order valence-corrected chi connectivity index (χ3v) is 4.95. The molecule has 1 aliphatic rings. The van der Waals surface area contributed by atoms with E-state index in [-0.39, 0.29) is 10.9 Å². The van der Waals surface area contributed by atoms with Crippen molar-refractivity contribution >= 4 is 15.7 Å². The van der Waals surface area contributed by atoms with Crippen molar-refractivity contribution in [3.05, 3.63) is 48.3 Å². The van der Waals surface area contributed by atoms with Gasteiger partial charge in [0.15, 0.2) is 0 Å². The van der Waals surface area contributed by atoms with Gasteiger partial charge in [-0.15, -0.1) is 0 Å². The van der Waals surface area contributed by atoms with E-state index in [4.69, 9.17) is 4.74 Å². The lowest BCUT2D eigenvalue weighted by Crippen LogP contribution is -2.18. The molecule has 1 aliphatic heterocycles. The fourth-order valence-electron chi connectivity index (χ4n) is 2.34. The van der Waals surface area contributed by atoms with Crippen molar-refractivity contribution in [1.29, 1.82) is 0 Å². The van der Waals surface area contributed by atoms with Crippen LogP contribution in [0.5, 0.6) is 0 Å². The largest absolute Gasteiger partial charge is 0.382 e. The van der Waals surface area contributed by atoms with Gasteiger partial charge in [-0.3, -0.25) is 0 Å². The second-order valence-electron chi connectivity index (χ2n) is 4.38. The van der Waals surface area contributed by atoms with Crippen molar-refractivity contribution in [1.82, 2.24) is 3.97 Å². The first kappa shape index (κ1) is 12.3. The van der Waals surface area contributed by atoms with Crippen molar-refractivity contribution in [2.24, 2.45) is 0 Å². The molecule has 0 saturated heterocycles. The molecule has 1 N–H and O–H groups in total. The Labute approximate surface area is 111 Å². The number of fused-ring (bicyclic) bond motifs is 2. The third-order valence-electron chi connectivity index (χ3n) is 3.19. The summed E-state index contributed by atoms with van der Waals surface area (Å²) in [6, 6.07) is 10.2. The van der Waals surface area contributed by atoms with Crippen molar-refractivity contribution in [3.63, 3.8) is 0 Å². The Kier molecular flexibility index (Phi) is 2.83. The molecule has 3 rings (SSSR count). The van der Waals surface area contributed by atoms with E-state index in [1.54, 1.807) is 43.6 Å². The van der Waals surface area contributed by atoms with Gasteiger partial charge in [0, 0.05) is 13.3 Å². The second kappa shape index (κ2) is 4.40. The van der Waals surface area contributed by atoms with E-state index in [2.05, 4.69) is 5.32 Å². The Morgan fingerprint density at radius 2 is 2.05 bits per heavy atom. The molecule has 0 fully saturated rings. The van der Waals surface area contributed by atoms with Crippen molar-refractivity contribution in [3.8, 4) is 0 Å². The molecule has 0 aliphatic carbocycles. The highest BCUT2D eigenvalue weighted by molar-refractivity contribution is 7.90. The zero-order valence-corrected chi connectivity index (χ0v) is 11.2. The van der Waals surface area contributed by atoms with Gasteiger partial charge < -0.3 is 10.1 Å². The SMILES string of the molecule is COCC1Nc2ccccc2S(=O)(=O)n2cccc21. The predicted octanol–water partition coefficient (Wildman–Crippen LogP) is 1.84. The van der Waals surface area contributed by atoms with Gasteiger partial charge >= 0.3 is 0 Å². The molecule has 1 aromatic carbocycles. The fraction of sp³-hybridized carbons (Fsp3) is 0.231. The molecule has 0 amide bonds. The number of ether oxygens (including phenoxy) is 1. The Hall–Kier alpha value is -1.79. The number of anilines is 1. The van der Waals surface area contributed by atoms with Crippen molar-refractivity contribution in [2.75, 3.05) is 19.0 Å². The van der Waals surface area contributed by atoms with Crippen LogP contribution in [-0.2, 0) is 14.8 Å². The highest BCUT2D eigenvalue weighted by Crippen LogP contribution is 2.33. The number of nitrogens with one attached hydrogen (secondary N) is 1. The third kappa shape index (κ3) is 1.84. The van der Waals surface area contributed by atoms with Crippen LogP contribution < -0.4 is 5.32 Å². The number of para-hydroxylation sites is 1.